The van der Waals surface area contributed by atoms with Crippen LogP contribution in [0, 0.1) is 0 Å². The molecule has 2 aliphatic heterocycles. The van der Waals surface area contributed by atoms with Gasteiger partial charge in [0.05, 0.1) is 0 Å². The van der Waals surface area contributed by atoms with Crippen LogP contribution in [0.25, 0.3) is 11.0 Å². The maximum Gasteiger partial charge on any atom is 0.349 e. The highest BCUT2D eigenvalue weighted by Crippen LogP contribution is 2.33. The number of para-hydroxylation sites is 1. The molecule has 0 aliphatic carbocycles. The van der Waals surface area contributed by atoms with E-state index in [0.717, 1.165) is 32.1 Å². The normalized spacial score (nSPS) is 20.5. The number of benzene rings is 1. The molecule has 3 aromatic rings. The second kappa shape index (κ2) is 8.02. The molecule has 4 heterocycles. The number of aromatic nitrogens is 2. The standard InChI is InChI=1S/C22H23N3O5/c26-21(16-13-15-5-1-2-7-18(15)29-22(16)27)25-10-4-3-6-17(25)20-24-23-19(30-20)14-8-11-28-12-9-14/h1-2,5,7,13-14,17H,3-4,6,8-12H2/t17-/m1/s1. The fourth-order valence-corrected chi connectivity index (χ4v) is 4.29. The SMILES string of the molecule is O=C(c1cc2ccccc2oc1=O)N1CCCC[C@@H]1c1nnc(C2CCOCC2)o1. The van der Waals surface area contributed by atoms with Crippen LogP contribution in [0.3, 0.4) is 0 Å². The third-order valence-corrected chi connectivity index (χ3v) is 5.95. The van der Waals surface area contributed by atoms with Gasteiger partial charge in [0.25, 0.3) is 5.91 Å². The van der Waals surface area contributed by atoms with E-state index in [-0.39, 0.29) is 23.4 Å². The van der Waals surface area contributed by atoms with Crippen molar-refractivity contribution >= 4 is 16.9 Å². The Bertz CT molecular complexity index is 1120. The zero-order valence-corrected chi connectivity index (χ0v) is 16.6. The molecule has 2 aromatic heterocycles. The van der Waals surface area contributed by atoms with Crippen LogP contribution in [0.1, 0.15) is 66.2 Å². The first-order valence-corrected chi connectivity index (χ1v) is 10.5. The van der Waals surface area contributed by atoms with Gasteiger partial charge in [-0.05, 0) is 44.2 Å². The molecule has 1 amide bonds. The van der Waals surface area contributed by atoms with Gasteiger partial charge in [0.1, 0.15) is 17.2 Å². The summed E-state index contributed by atoms with van der Waals surface area (Å²) in [5.41, 5.74) is -0.131. The summed E-state index contributed by atoms with van der Waals surface area (Å²) in [5, 5.41) is 9.23. The Labute approximate surface area is 172 Å². The summed E-state index contributed by atoms with van der Waals surface area (Å²) < 4.78 is 16.8. The molecule has 2 aliphatic rings. The minimum absolute atomic E-state index is 0.0322. The van der Waals surface area contributed by atoms with Gasteiger partial charge in [0.2, 0.25) is 11.8 Å². The van der Waals surface area contributed by atoms with Crippen molar-refractivity contribution in [1.29, 1.82) is 0 Å². The number of hydrogen-bond donors (Lipinski definition) is 0. The van der Waals surface area contributed by atoms with Gasteiger partial charge >= 0.3 is 5.63 Å². The minimum atomic E-state index is -0.628. The predicted octanol–water partition coefficient (Wildman–Crippen LogP) is 3.44. The second-order valence-electron chi connectivity index (χ2n) is 7.86. The van der Waals surface area contributed by atoms with Gasteiger partial charge in [-0.15, -0.1) is 10.2 Å². The summed E-state index contributed by atoms with van der Waals surface area (Å²) in [5.74, 6) is 0.886. The number of ether oxygens (including phenoxy) is 1. The zero-order valence-electron chi connectivity index (χ0n) is 16.6. The molecule has 5 rings (SSSR count). The highest BCUT2D eigenvalue weighted by molar-refractivity contribution is 5.96. The molecule has 2 saturated heterocycles. The summed E-state index contributed by atoms with van der Waals surface area (Å²) in [6, 6.07) is 8.44. The molecule has 8 heteroatoms. The maximum atomic E-state index is 13.3. The molecule has 30 heavy (non-hydrogen) atoms. The van der Waals surface area contributed by atoms with E-state index in [1.807, 2.05) is 12.1 Å². The van der Waals surface area contributed by atoms with Crippen LogP contribution in [0.4, 0.5) is 0 Å². The monoisotopic (exact) mass is 409 g/mol. The first kappa shape index (κ1) is 19.0. The fourth-order valence-electron chi connectivity index (χ4n) is 4.29. The van der Waals surface area contributed by atoms with Crippen molar-refractivity contribution in [3.8, 4) is 0 Å². The Morgan fingerprint density at radius 2 is 1.80 bits per heavy atom. The Hall–Kier alpha value is -3.00. The van der Waals surface area contributed by atoms with Crippen LogP contribution in [0.15, 0.2) is 44.0 Å². The van der Waals surface area contributed by atoms with Gasteiger partial charge in [0.15, 0.2) is 0 Å². The number of likely N-dealkylation sites (tertiary alicyclic amines) is 1. The first-order valence-electron chi connectivity index (χ1n) is 10.5. The lowest BCUT2D eigenvalue weighted by Crippen LogP contribution is -2.40. The molecule has 0 radical (unpaired) electrons. The van der Waals surface area contributed by atoms with Crippen LogP contribution < -0.4 is 5.63 Å². The average Bonchev–Trinajstić information content (AvgIpc) is 3.29. The number of piperidine rings is 1. The molecule has 2 fully saturated rings. The minimum Gasteiger partial charge on any atom is -0.423 e. The summed E-state index contributed by atoms with van der Waals surface area (Å²) in [6.45, 7) is 1.91. The molecule has 0 saturated carbocycles. The molecule has 1 aromatic carbocycles. The highest BCUT2D eigenvalue weighted by atomic mass is 16.5. The lowest BCUT2D eigenvalue weighted by molar-refractivity contribution is 0.0557. The zero-order chi connectivity index (χ0) is 20.5. The molecule has 1 atom stereocenters. The van der Waals surface area contributed by atoms with Crippen LogP contribution in [0.5, 0.6) is 0 Å². The number of amides is 1. The summed E-state index contributed by atoms with van der Waals surface area (Å²) in [7, 11) is 0. The Morgan fingerprint density at radius 3 is 2.67 bits per heavy atom. The third-order valence-electron chi connectivity index (χ3n) is 5.95. The van der Waals surface area contributed by atoms with Crippen molar-refractivity contribution in [3.05, 3.63) is 58.1 Å². The number of fused-ring (bicyclic) bond motifs is 1. The number of rotatable bonds is 3. The van der Waals surface area contributed by atoms with Gasteiger partial charge in [0, 0.05) is 31.1 Å². The molecule has 8 nitrogen and oxygen atoms in total. The lowest BCUT2D eigenvalue weighted by Gasteiger charge is -2.33. The molecular formula is C22H23N3O5. The van der Waals surface area contributed by atoms with E-state index >= 15 is 0 Å². The van der Waals surface area contributed by atoms with Crippen molar-refractivity contribution in [2.24, 2.45) is 0 Å². The Balaban J connectivity index is 1.44. The van der Waals surface area contributed by atoms with Crippen LogP contribution in [-0.2, 0) is 4.74 Å². The Morgan fingerprint density at radius 1 is 1.00 bits per heavy atom. The van der Waals surface area contributed by atoms with Crippen molar-refractivity contribution in [1.82, 2.24) is 15.1 Å². The fraction of sp³-hybridized carbons (Fsp3) is 0.455. The quantitative estimate of drug-likeness (QED) is 0.611. The number of carbonyl (C=O) groups excluding carboxylic acids is 1. The summed E-state index contributed by atoms with van der Waals surface area (Å²) in [4.78, 5) is 27.5. The topological polar surface area (TPSA) is 98.7 Å². The number of carbonyl (C=O) groups is 1. The smallest absolute Gasteiger partial charge is 0.349 e. The van der Waals surface area contributed by atoms with Gasteiger partial charge < -0.3 is 18.5 Å². The van der Waals surface area contributed by atoms with E-state index in [9.17, 15) is 9.59 Å². The van der Waals surface area contributed by atoms with Crippen molar-refractivity contribution in [2.75, 3.05) is 19.8 Å². The van der Waals surface area contributed by atoms with E-state index in [1.54, 1.807) is 23.1 Å². The molecule has 0 unspecified atom stereocenters. The summed E-state index contributed by atoms with van der Waals surface area (Å²) >= 11 is 0. The second-order valence-corrected chi connectivity index (χ2v) is 7.86. The molecule has 0 spiro atoms. The largest absolute Gasteiger partial charge is 0.423 e. The van der Waals surface area contributed by atoms with Crippen molar-refractivity contribution < 1.29 is 18.4 Å². The van der Waals surface area contributed by atoms with Gasteiger partial charge in [-0.2, -0.15) is 0 Å². The first-order chi connectivity index (χ1) is 14.7. The van der Waals surface area contributed by atoms with Gasteiger partial charge in [-0.25, -0.2) is 4.79 Å². The van der Waals surface area contributed by atoms with E-state index in [4.69, 9.17) is 13.6 Å². The van der Waals surface area contributed by atoms with Crippen LogP contribution in [-0.4, -0.2) is 40.8 Å². The third kappa shape index (κ3) is 3.52. The number of hydrogen-bond acceptors (Lipinski definition) is 7. The van der Waals surface area contributed by atoms with E-state index in [1.165, 1.54) is 0 Å². The molecule has 0 bridgehead atoms. The van der Waals surface area contributed by atoms with E-state index in [2.05, 4.69) is 10.2 Å². The predicted molar refractivity (Wildman–Crippen MR) is 107 cm³/mol. The molecule has 0 N–H and O–H groups in total. The molecule has 156 valence electrons. The maximum absolute atomic E-state index is 13.3. The van der Waals surface area contributed by atoms with Crippen LogP contribution >= 0.6 is 0 Å². The Kier molecular flexibility index (Phi) is 5.08. The molecular weight excluding hydrogens is 386 g/mol. The van der Waals surface area contributed by atoms with Gasteiger partial charge in [-0.3, -0.25) is 4.79 Å². The average molecular weight is 409 g/mol. The van der Waals surface area contributed by atoms with Gasteiger partial charge in [-0.1, -0.05) is 18.2 Å². The summed E-state index contributed by atoms with van der Waals surface area (Å²) in [6.07, 6.45) is 4.25. The number of nitrogens with zero attached hydrogens (tertiary/aromatic N) is 3. The van der Waals surface area contributed by atoms with E-state index < -0.39 is 5.63 Å². The highest BCUT2D eigenvalue weighted by Gasteiger charge is 2.34. The van der Waals surface area contributed by atoms with Crippen LogP contribution in [0.2, 0.25) is 0 Å². The van der Waals surface area contributed by atoms with Crippen molar-refractivity contribution in [2.45, 2.75) is 44.1 Å². The lowest BCUT2D eigenvalue weighted by atomic mass is 10.00. The van der Waals surface area contributed by atoms with E-state index in [0.29, 0.717) is 42.5 Å². The van der Waals surface area contributed by atoms with Crippen molar-refractivity contribution in [3.63, 3.8) is 0 Å².